The maximum Gasteiger partial charge on any atom is 0.258 e. The van der Waals surface area contributed by atoms with Gasteiger partial charge in [-0.2, -0.15) is 4.98 Å². The van der Waals surface area contributed by atoms with E-state index in [2.05, 4.69) is 36.1 Å². The standard InChI is InChI=1S/C27H32N4O3S/c1-6-7-8-15-31-18(3)23(26-29-25(30-34-26)19-11-9-17(2)10-12-19)24(28-27(31)35)20-13-14-21(32-4)22(16-20)33-5/h9-14,16,24H,6-8,15H2,1-5H3,(H,28,35). The zero-order valence-electron chi connectivity index (χ0n) is 20.9. The van der Waals surface area contributed by atoms with Gasteiger partial charge >= 0.3 is 0 Å². The number of unbranched alkanes of at least 4 members (excludes halogenated alkanes) is 2. The fourth-order valence-corrected chi connectivity index (χ4v) is 4.63. The van der Waals surface area contributed by atoms with Crippen LogP contribution in [0.5, 0.6) is 11.5 Å². The van der Waals surface area contributed by atoms with Gasteiger partial charge in [-0.3, -0.25) is 0 Å². The minimum atomic E-state index is -0.281. The first-order valence-corrected chi connectivity index (χ1v) is 12.3. The van der Waals surface area contributed by atoms with Gasteiger partial charge < -0.3 is 24.2 Å². The van der Waals surface area contributed by atoms with Gasteiger partial charge in [0.25, 0.3) is 5.89 Å². The minimum Gasteiger partial charge on any atom is -0.493 e. The van der Waals surface area contributed by atoms with Crippen LogP contribution in [0.1, 0.15) is 56.2 Å². The second-order valence-corrected chi connectivity index (χ2v) is 9.03. The lowest BCUT2D eigenvalue weighted by Gasteiger charge is -2.37. The number of benzene rings is 2. The average molecular weight is 493 g/mol. The van der Waals surface area contributed by atoms with E-state index >= 15 is 0 Å². The average Bonchev–Trinajstić information content (AvgIpc) is 3.35. The van der Waals surface area contributed by atoms with Crippen molar-refractivity contribution in [3.05, 3.63) is 65.2 Å². The Kier molecular flexibility index (Phi) is 7.70. The molecule has 184 valence electrons. The summed E-state index contributed by atoms with van der Waals surface area (Å²) < 4.78 is 16.8. The van der Waals surface area contributed by atoms with Crippen LogP contribution in [0.15, 0.2) is 52.7 Å². The minimum absolute atomic E-state index is 0.281. The molecule has 0 saturated heterocycles. The van der Waals surface area contributed by atoms with Crippen molar-refractivity contribution in [3.63, 3.8) is 0 Å². The van der Waals surface area contributed by atoms with E-state index in [0.29, 0.717) is 28.3 Å². The fourth-order valence-electron chi connectivity index (χ4n) is 4.28. The molecule has 1 unspecified atom stereocenters. The molecule has 0 bridgehead atoms. The molecule has 0 fully saturated rings. The topological polar surface area (TPSA) is 72.7 Å². The van der Waals surface area contributed by atoms with Crippen molar-refractivity contribution in [2.45, 2.75) is 46.1 Å². The highest BCUT2D eigenvalue weighted by Crippen LogP contribution is 2.40. The normalized spacial score (nSPS) is 15.9. The van der Waals surface area contributed by atoms with Crippen molar-refractivity contribution >= 4 is 22.9 Å². The lowest BCUT2D eigenvalue weighted by molar-refractivity contribution is 0.354. The second-order valence-electron chi connectivity index (χ2n) is 8.64. The second kappa shape index (κ2) is 10.9. The first-order chi connectivity index (χ1) is 17.0. The molecular weight excluding hydrogens is 460 g/mol. The number of aromatic nitrogens is 2. The number of nitrogens with one attached hydrogen (secondary N) is 1. The highest BCUT2D eigenvalue weighted by molar-refractivity contribution is 7.80. The summed E-state index contributed by atoms with van der Waals surface area (Å²) in [6.45, 7) is 7.14. The Balaban J connectivity index is 1.79. The number of methoxy groups -OCH3 is 2. The predicted molar refractivity (Wildman–Crippen MR) is 141 cm³/mol. The molecule has 2 aromatic carbocycles. The number of rotatable bonds is 9. The third-order valence-electron chi connectivity index (χ3n) is 6.29. The first kappa shape index (κ1) is 24.7. The number of ether oxygens (including phenoxy) is 2. The lowest BCUT2D eigenvalue weighted by atomic mass is 9.94. The lowest BCUT2D eigenvalue weighted by Crippen LogP contribution is -2.46. The summed E-state index contributed by atoms with van der Waals surface area (Å²) in [6.07, 6.45) is 3.32. The van der Waals surface area contributed by atoms with Gasteiger partial charge in [0.05, 0.1) is 25.8 Å². The van der Waals surface area contributed by atoms with Crippen molar-refractivity contribution in [2.75, 3.05) is 20.8 Å². The Bertz CT molecular complexity index is 1220. The van der Waals surface area contributed by atoms with Gasteiger partial charge in [0.15, 0.2) is 16.6 Å². The number of nitrogens with zero attached hydrogens (tertiary/aromatic N) is 3. The maximum absolute atomic E-state index is 5.84. The molecule has 1 aromatic heterocycles. The molecule has 0 saturated carbocycles. The SMILES string of the molecule is CCCCCN1C(=S)NC(c2ccc(OC)c(OC)c2)C(c2nc(-c3ccc(C)cc3)no2)=C1C. The number of allylic oxidation sites excluding steroid dienone is 1. The molecule has 7 nitrogen and oxygen atoms in total. The van der Waals surface area contributed by atoms with Crippen molar-refractivity contribution in [2.24, 2.45) is 0 Å². The van der Waals surface area contributed by atoms with E-state index in [0.717, 1.165) is 48.2 Å². The van der Waals surface area contributed by atoms with Crippen LogP contribution in [0.2, 0.25) is 0 Å². The third-order valence-corrected chi connectivity index (χ3v) is 6.63. The van der Waals surface area contributed by atoms with Gasteiger partial charge in [0, 0.05) is 17.8 Å². The van der Waals surface area contributed by atoms with Crippen LogP contribution in [-0.4, -0.2) is 40.9 Å². The number of aryl methyl sites for hydroxylation is 1. The number of hydrogen-bond acceptors (Lipinski definition) is 6. The van der Waals surface area contributed by atoms with Crippen LogP contribution in [-0.2, 0) is 0 Å². The molecule has 1 aliphatic rings. The summed E-state index contributed by atoms with van der Waals surface area (Å²) in [5.41, 5.74) is 4.95. The van der Waals surface area contributed by atoms with Crippen LogP contribution in [0.25, 0.3) is 17.0 Å². The summed E-state index contributed by atoms with van der Waals surface area (Å²) in [7, 11) is 3.25. The Labute approximate surface area is 212 Å². The maximum atomic E-state index is 5.84. The van der Waals surface area contributed by atoms with E-state index in [1.165, 1.54) is 5.56 Å². The summed E-state index contributed by atoms with van der Waals surface area (Å²) >= 11 is 5.80. The van der Waals surface area contributed by atoms with Crippen LogP contribution >= 0.6 is 12.2 Å². The Morgan fingerprint density at radius 2 is 1.77 bits per heavy atom. The van der Waals surface area contributed by atoms with E-state index in [1.54, 1.807) is 14.2 Å². The number of thiocarbonyl (C=S) groups is 1. The molecule has 35 heavy (non-hydrogen) atoms. The van der Waals surface area contributed by atoms with E-state index in [4.69, 9.17) is 31.2 Å². The molecule has 0 radical (unpaired) electrons. The van der Waals surface area contributed by atoms with E-state index in [9.17, 15) is 0 Å². The quantitative estimate of drug-likeness (QED) is 0.292. The van der Waals surface area contributed by atoms with Gasteiger partial charge in [-0.05, 0) is 50.2 Å². The van der Waals surface area contributed by atoms with Crippen LogP contribution in [0, 0.1) is 6.92 Å². The van der Waals surface area contributed by atoms with E-state index in [-0.39, 0.29) is 6.04 Å². The van der Waals surface area contributed by atoms with Gasteiger partial charge in [-0.15, -0.1) is 0 Å². The van der Waals surface area contributed by atoms with Crippen molar-refractivity contribution in [1.29, 1.82) is 0 Å². The van der Waals surface area contributed by atoms with Crippen LogP contribution in [0.4, 0.5) is 0 Å². The van der Waals surface area contributed by atoms with Crippen LogP contribution < -0.4 is 14.8 Å². The molecule has 1 atom stereocenters. The molecule has 0 amide bonds. The first-order valence-electron chi connectivity index (χ1n) is 11.9. The zero-order chi connectivity index (χ0) is 24.9. The van der Waals surface area contributed by atoms with E-state index in [1.807, 2.05) is 42.5 Å². The highest BCUT2D eigenvalue weighted by atomic mass is 32.1. The van der Waals surface area contributed by atoms with Crippen molar-refractivity contribution < 1.29 is 14.0 Å². The Morgan fingerprint density at radius 1 is 1.03 bits per heavy atom. The molecule has 0 spiro atoms. The molecule has 4 rings (SSSR count). The number of hydrogen-bond donors (Lipinski definition) is 1. The van der Waals surface area contributed by atoms with Gasteiger partial charge in [-0.1, -0.05) is 60.8 Å². The summed E-state index contributed by atoms with van der Waals surface area (Å²) in [5, 5.41) is 8.48. The summed E-state index contributed by atoms with van der Waals surface area (Å²) in [5.74, 6) is 2.33. The molecule has 3 aromatic rings. The van der Waals surface area contributed by atoms with E-state index < -0.39 is 0 Å². The summed E-state index contributed by atoms with van der Waals surface area (Å²) in [6, 6.07) is 13.7. The summed E-state index contributed by atoms with van der Waals surface area (Å²) in [4.78, 5) is 6.92. The molecule has 1 N–H and O–H groups in total. The molecule has 8 heteroatoms. The smallest absolute Gasteiger partial charge is 0.258 e. The largest absolute Gasteiger partial charge is 0.493 e. The molecule has 0 aliphatic carbocycles. The van der Waals surface area contributed by atoms with Crippen molar-refractivity contribution in [1.82, 2.24) is 20.4 Å². The predicted octanol–water partition coefficient (Wildman–Crippen LogP) is 5.91. The van der Waals surface area contributed by atoms with Gasteiger partial charge in [0.1, 0.15) is 0 Å². The molecule has 2 heterocycles. The van der Waals surface area contributed by atoms with Crippen molar-refractivity contribution in [3.8, 4) is 22.9 Å². The molecule has 1 aliphatic heterocycles. The fraction of sp³-hybridized carbons (Fsp3) is 0.370. The van der Waals surface area contributed by atoms with Crippen LogP contribution in [0.3, 0.4) is 0 Å². The van der Waals surface area contributed by atoms with Gasteiger partial charge in [0.2, 0.25) is 5.82 Å². The Morgan fingerprint density at radius 3 is 2.46 bits per heavy atom. The third kappa shape index (κ3) is 5.17. The zero-order valence-corrected chi connectivity index (χ0v) is 21.7. The highest BCUT2D eigenvalue weighted by Gasteiger charge is 2.34. The monoisotopic (exact) mass is 492 g/mol. The Hall–Kier alpha value is -3.39. The molecular formula is C27H32N4O3S. The van der Waals surface area contributed by atoms with Gasteiger partial charge in [-0.25, -0.2) is 0 Å².